The first kappa shape index (κ1) is 12.8. The number of benzene rings is 1. The molecule has 0 spiro atoms. The molecule has 2 aromatic rings. The van der Waals surface area contributed by atoms with Crippen molar-refractivity contribution in [2.24, 2.45) is 5.73 Å². The Morgan fingerprint density at radius 3 is 2.79 bits per heavy atom. The van der Waals surface area contributed by atoms with E-state index in [1.54, 1.807) is 0 Å². The zero-order chi connectivity index (χ0) is 13.4. The Hall–Kier alpha value is -1.25. The fourth-order valence-electron chi connectivity index (χ4n) is 2.99. The van der Waals surface area contributed by atoms with E-state index < -0.39 is 0 Å². The lowest BCUT2D eigenvalue weighted by atomic mass is 9.93. The number of aromatic nitrogens is 1. The molecule has 2 N–H and O–H groups in total. The maximum Gasteiger partial charge on any atom is 0.0475 e. The molecule has 1 aromatic carbocycles. The van der Waals surface area contributed by atoms with Crippen LogP contribution < -0.4 is 5.73 Å². The Morgan fingerprint density at radius 2 is 2.05 bits per heavy atom. The second kappa shape index (κ2) is 5.03. The maximum absolute atomic E-state index is 6.21. The fraction of sp³-hybridized carbons (Fsp3) is 0.375. The number of aryl methyl sites for hydroxylation is 1. The van der Waals surface area contributed by atoms with Crippen molar-refractivity contribution in [3.05, 3.63) is 57.9 Å². The van der Waals surface area contributed by atoms with Crippen LogP contribution in [0.15, 0.2) is 30.3 Å². The van der Waals surface area contributed by atoms with Crippen molar-refractivity contribution in [3.63, 3.8) is 0 Å². The summed E-state index contributed by atoms with van der Waals surface area (Å²) in [6.45, 7) is 3.08. The molecule has 1 aromatic heterocycles. The summed E-state index contributed by atoms with van der Waals surface area (Å²) >= 11 is 5.94. The first-order valence-electron chi connectivity index (χ1n) is 6.84. The van der Waals surface area contributed by atoms with Gasteiger partial charge in [0.1, 0.15) is 0 Å². The number of hydrogen-bond donors (Lipinski definition) is 1. The Labute approximate surface area is 119 Å². The van der Waals surface area contributed by atoms with Gasteiger partial charge >= 0.3 is 0 Å². The molecule has 1 heterocycles. The number of fused-ring (bicyclic) bond motifs is 1. The molecule has 0 saturated carbocycles. The van der Waals surface area contributed by atoms with Crippen molar-refractivity contribution < 1.29 is 0 Å². The van der Waals surface area contributed by atoms with Crippen molar-refractivity contribution in [2.75, 3.05) is 0 Å². The first-order valence-corrected chi connectivity index (χ1v) is 7.22. The molecule has 1 unspecified atom stereocenters. The SMILES string of the molecule is Cc1cc2c(n1Cc1ccc(Cl)cc1)CCCC2N. The highest BCUT2D eigenvalue weighted by molar-refractivity contribution is 6.30. The molecule has 0 amide bonds. The largest absolute Gasteiger partial charge is 0.344 e. The smallest absolute Gasteiger partial charge is 0.0475 e. The summed E-state index contributed by atoms with van der Waals surface area (Å²) in [7, 11) is 0. The minimum atomic E-state index is 0.217. The Balaban J connectivity index is 1.95. The quantitative estimate of drug-likeness (QED) is 0.886. The van der Waals surface area contributed by atoms with Crippen LogP contribution in [0.4, 0.5) is 0 Å². The minimum Gasteiger partial charge on any atom is -0.344 e. The highest BCUT2D eigenvalue weighted by atomic mass is 35.5. The van der Waals surface area contributed by atoms with Gasteiger partial charge in [-0.15, -0.1) is 0 Å². The van der Waals surface area contributed by atoms with Crippen LogP contribution in [0, 0.1) is 6.92 Å². The van der Waals surface area contributed by atoms with E-state index in [0.717, 1.165) is 24.4 Å². The van der Waals surface area contributed by atoms with Gasteiger partial charge in [0.05, 0.1) is 0 Å². The molecule has 1 atom stereocenters. The summed E-state index contributed by atoms with van der Waals surface area (Å²) in [5, 5.41) is 0.789. The third-order valence-corrected chi connectivity index (χ3v) is 4.28. The molecule has 0 aliphatic heterocycles. The second-order valence-electron chi connectivity index (χ2n) is 5.40. The maximum atomic E-state index is 6.21. The molecule has 0 fully saturated rings. The number of hydrogen-bond acceptors (Lipinski definition) is 1. The van der Waals surface area contributed by atoms with Gasteiger partial charge in [-0.1, -0.05) is 23.7 Å². The molecule has 3 rings (SSSR count). The molecule has 1 aliphatic carbocycles. The van der Waals surface area contributed by atoms with Crippen LogP contribution in [0.25, 0.3) is 0 Å². The topological polar surface area (TPSA) is 30.9 Å². The molecule has 100 valence electrons. The normalized spacial score (nSPS) is 18.4. The minimum absolute atomic E-state index is 0.217. The lowest BCUT2D eigenvalue weighted by Crippen LogP contribution is -2.18. The van der Waals surface area contributed by atoms with Crippen molar-refractivity contribution >= 4 is 11.6 Å². The lowest BCUT2D eigenvalue weighted by Gasteiger charge is -2.21. The van der Waals surface area contributed by atoms with Gasteiger partial charge in [-0.2, -0.15) is 0 Å². The number of nitrogens with zero attached hydrogens (tertiary/aromatic N) is 1. The monoisotopic (exact) mass is 274 g/mol. The van der Waals surface area contributed by atoms with Crippen LogP contribution in [0.3, 0.4) is 0 Å². The summed E-state index contributed by atoms with van der Waals surface area (Å²) in [5.74, 6) is 0. The zero-order valence-corrected chi connectivity index (χ0v) is 12.0. The Morgan fingerprint density at radius 1 is 1.32 bits per heavy atom. The highest BCUT2D eigenvalue weighted by Crippen LogP contribution is 2.31. The number of nitrogens with two attached hydrogens (primary N) is 1. The van der Waals surface area contributed by atoms with Crippen LogP contribution in [0.1, 0.15) is 41.4 Å². The number of halogens is 1. The summed E-state index contributed by atoms with van der Waals surface area (Å²) in [4.78, 5) is 0. The molecular weight excluding hydrogens is 256 g/mol. The Kier molecular flexibility index (Phi) is 3.38. The van der Waals surface area contributed by atoms with E-state index in [2.05, 4.69) is 29.7 Å². The van der Waals surface area contributed by atoms with Crippen molar-refractivity contribution in [1.29, 1.82) is 0 Å². The highest BCUT2D eigenvalue weighted by Gasteiger charge is 2.21. The van der Waals surface area contributed by atoms with Gasteiger partial charge in [0.25, 0.3) is 0 Å². The van der Waals surface area contributed by atoms with E-state index in [9.17, 15) is 0 Å². The van der Waals surface area contributed by atoms with Gasteiger partial charge in [-0.05, 0) is 55.5 Å². The molecule has 1 aliphatic rings. The average molecular weight is 275 g/mol. The third kappa shape index (κ3) is 2.43. The fourth-order valence-corrected chi connectivity index (χ4v) is 3.12. The van der Waals surface area contributed by atoms with E-state index in [4.69, 9.17) is 17.3 Å². The van der Waals surface area contributed by atoms with E-state index in [1.807, 2.05) is 12.1 Å². The van der Waals surface area contributed by atoms with Crippen LogP contribution in [-0.2, 0) is 13.0 Å². The van der Waals surface area contributed by atoms with Gasteiger partial charge in [-0.25, -0.2) is 0 Å². The summed E-state index contributed by atoms with van der Waals surface area (Å²) < 4.78 is 2.40. The second-order valence-corrected chi connectivity index (χ2v) is 5.84. The van der Waals surface area contributed by atoms with Gasteiger partial charge in [0.2, 0.25) is 0 Å². The van der Waals surface area contributed by atoms with Gasteiger partial charge < -0.3 is 10.3 Å². The van der Waals surface area contributed by atoms with Crippen molar-refractivity contribution in [1.82, 2.24) is 4.57 Å². The third-order valence-electron chi connectivity index (χ3n) is 4.03. The molecular formula is C16H19ClN2. The molecule has 2 nitrogen and oxygen atoms in total. The first-order chi connectivity index (χ1) is 9.15. The van der Waals surface area contributed by atoms with E-state index in [-0.39, 0.29) is 6.04 Å². The average Bonchev–Trinajstić information content (AvgIpc) is 2.71. The molecule has 19 heavy (non-hydrogen) atoms. The van der Waals surface area contributed by atoms with E-state index >= 15 is 0 Å². The summed E-state index contributed by atoms with van der Waals surface area (Å²) in [5.41, 5.74) is 11.6. The van der Waals surface area contributed by atoms with Crippen molar-refractivity contribution in [2.45, 2.75) is 38.8 Å². The number of rotatable bonds is 2. The van der Waals surface area contributed by atoms with Crippen LogP contribution >= 0.6 is 11.6 Å². The molecule has 0 bridgehead atoms. The van der Waals surface area contributed by atoms with E-state index in [1.165, 1.54) is 28.9 Å². The summed E-state index contributed by atoms with van der Waals surface area (Å²) in [6.07, 6.45) is 3.44. The van der Waals surface area contributed by atoms with E-state index in [0.29, 0.717) is 0 Å². The van der Waals surface area contributed by atoms with Crippen molar-refractivity contribution in [3.8, 4) is 0 Å². The predicted molar refractivity (Wildman–Crippen MR) is 79.6 cm³/mol. The molecule has 3 heteroatoms. The van der Waals surface area contributed by atoms with Gasteiger partial charge in [0, 0.05) is 29.0 Å². The van der Waals surface area contributed by atoms with Gasteiger partial charge in [0.15, 0.2) is 0 Å². The standard InChI is InChI=1S/C16H19ClN2/c1-11-9-14-15(18)3-2-4-16(14)19(11)10-12-5-7-13(17)8-6-12/h5-9,15H,2-4,10,18H2,1H3. The summed E-state index contributed by atoms with van der Waals surface area (Å²) in [6, 6.07) is 10.6. The lowest BCUT2D eigenvalue weighted by molar-refractivity contribution is 0.546. The van der Waals surface area contributed by atoms with Gasteiger partial charge in [-0.3, -0.25) is 0 Å². The molecule has 0 saturated heterocycles. The van der Waals surface area contributed by atoms with Crippen LogP contribution in [-0.4, -0.2) is 4.57 Å². The predicted octanol–water partition coefficient (Wildman–Crippen LogP) is 3.83. The van der Waals surface area contributed by atoms with Crippen LogP contribution in [0.2, 0.25) is 5.02 Å². The Bertz CT molecular complexity index is 584. The van der Waals surface area contributed by atoms with Crippen LogP contribution in [0.5, 0.6) is 0 Å². The molecule has 0 radical (unpaired) electrons. The zero-order valence-electron chi connectivity index (χ0n) is 11.2.